The van der Waals surface area contributed by atoms with Gasteiger partial charge in [-0.15, -0.1) is 0 Å². The number of rotatable bonds is 5. The van der Waals surface area contributed by atoms with Gasteiger partial charge < -0.3 is 9.84 Å². The Hall–Kier alpha value is -1.58. The summed E-state index contributed by atoms with van der Waals surface area (Å²) in [5.41, 5.74) is 1.77. The Morgan fingerprint density at radius 1 is 1.15 bits per heavy atom. The third-order valence-corrected chi connectivity index (χ3v) is 3.15. The van der Waals surface area contributed by atoms with Crippen molar-refractivity contribution in [3.05, 3.63) is 64.4 Å². The van der Waals surface area contributed by atoms with Crippen LogP contribution in [0.2, 0.25) is 5.02 Å². The van der Waals surface area contributed by atoms with Crippen LogP contribution in [-0.2, 0) is 13.0 Å². The highest BCUT2D eigenvalue weighted by Crippen LogP contribution is 2.18. The van der Waals surface area contributed by atoms with Crippen LogP contribution in [0, 0.1) is 5.82 Å². The van der Waals surface area contributed by atoms with Gasteiger partial charge in [-0.25, -0.2) is 4.39 Å². The van der Waals surface area contributed by atoms with Crippen LogP contribution in [0.1, 0.15) is 18.1 Å². The van der Waals surface area contributed by atoms with Gasteiger partial charge in [0.25, 0.3) is 0 Å². The second-order valence-electron chi connectivity index (χ2n) is 4.73. The second-order valence-corrected chi connectivity index (χ2v) is 5.14. The smallest absolute Gasteiger partial charge is 0.142 e. The minimum atomic E-state index is -0.444. The van der Waals surface area contributed by atoms with Crippen molar-refractivity contribution in [1.29, 1.82) is 0 Å². The molecule has 0 aliphatic heterocycles. The molecular weight excluding hydrogens is 279 g/mol. The zero-order valence-electron chi connectivity index (χ0n) is 11.1. The van der Waals surface area contributed by atoms with Crippen molar-refractivity contribution in [3.63, 3.8) is 0 Å². The molecule has 0 spiro atoms. The van der Waals surface area contributed by atoms with Crippen molar-refractivity contribution in [2.45, 2.75) is 26.1 Å². The molecule has 0 heterocycles. The predicted octanol–water partition coefficient (Wildman–Crippen LogP) is 3.98. The van der Waals surface area contributed by atoms with E-state index in [4.69, 9.17) is 16.3 Å². The van der Waals surface area contributed by atoms with E-state index in [-0.39, 0.29) is 17.7 Å². The van der Waals surface area contributed by atoms with Crippen LogP contribution >= 0.6 is 11.6 Å². The Bertz CT molecular complexity index is 567. The van der Waals surface area contributed by atoms with E-state index in [0.717, 1.165) is 11.1 Å². The summed E-state index contributed by atoms with van der Waals surface area (Å²) in [6, 6.07) is 12.1. The summed E-state index contributed by atoms with van der Waals surface area (Å²) in [6.45, 7) is 2.03. The molecule has 2 aromatic carbocycles. The maximum atomic E-state index is 13.3. The fraction of sp³-hybridized carbons (Fsp3) is 0.250. The topological polar surface area (TPSA) is 29.5 Å². The highest BCUT2D eigenvalue weighted by Gasteiger charge is 2.03. The van der Waals surface area contributed by atoms with Crippen LogP contribution in [0.4, 0.5) is 4.39 Å². The third-order valence-electron chi connectivity index (χ3n) is 2.84. The monoisotopic (exact) mass is 294 g/mol. The van der Waals surface area contributed by atoms with Gasteiger partial charge in [-0.05, 0) is 48.7 Å². The summed E-state index contributed by atoms with van der Waals surface area (Å²) < 4.78 is 18.8. The van der Waals surface area contributed by atoms with Gasteiger partial charge in [0.2, 0.25) is 0 Å². The van der Waals surface area contributed by atoms with E-state index >= 15 is 0 Å². The first kappa shape index (κ1) is 14.8. The first-order valence-electron chi connectivity index (χ1n) is 6.38. The molecule has 2 aromatic rings. The molecular formula is C16H16ClFO2. The predicted molar refractivity (Wildman–Crippen MR) is 77.6 cm³/mol. The van der Waals surface area contributed by atoms with Crippen LogP contribution in [-0.4, -0.2) is 11.2 Å². The molecule has 1 atom stereocenters. The third kappa shape index (κ3) is 4.22. The Balaban J connectivity index is 1.95. The van der Waals surface area contributed by atoms with E-state index in [0.29, 0.717) is 12.2 Å². The number of halogens is 2. The lowest BCUT2D eigenvalue weighted by molar-refractivity contribution is 0.195. The Kier molecular flexibility index (Phi) is 4.99. The number of aliphatic hydroxyl groups is 1. The average Bonchev–Trinajstić information content (AvgIpc) is 2.41. The summed E-state index contributed by atoms with van der Waals surface area (Å²) >= 11 is 5.62. The standard InChI is InChI=1S/C16H16ClFO2/c1-11(19)8-12-2-5-14(6-3-12)20-10-13-4-7-15(17)16(18)9-13/h2-7,9,11,19H,8,10H2,1H3. The van der Waals surface area contributed by atoms with Crippen LogP contribution in [0.15, 0.2) is 42.5 Å². The van der Waals surface area contributed by atoms with Crippen LogP contribution in [0.3, 0.4) is 0 Å². The molecule has 1 unspecified atom stereocenters. The Morgan fingerprint density at radius 3 is 2.40 bits per heavy atom. The summed E-state index contributed by atoms with van der Waals surface area (Å²) in [6.07, 6.45) is 0.252. The van der Waals surface area contributed by atoms with Gasteiger partial charge in [0.15, 0.2) is 0 Å². The van der Waals surface area contributed by atoms with E-state index in [1.165, 1.54) is 12.1 Å². The number of hydrogen-bond acceptors (Lipinski definition) is 2. The van der Waals surface area contributed by atoms with Crippen LogP contribution in [0.25, 0.3) is 0 Å². The lowest BCUT2D eigenvalue weighted by Gasteiger charge is -2.08. The van der Waals surface area contributed by atoms with Gasteiger partial charge in [-0.2, -0.15) is 0 Å². The molecule has 0 aliphatic carbocycles. The molecule has 1 N–H and O–H groups in total. The van der Waals surface area contributed by atoms with Crippen LogP contribution in [0.5, 0.6) is 5.75 Å². The van der Waals surface area contributed by atoms with Gasteiger partial charge in [-0.1, -0.05) is 29.8 Å². The number of aliphatic hydroxyl groups excluding tert-OH is 1. The van der Waals surface area contributed by atoms with E-state index in [9.17, 15) is 9.50 Å². The van der Waals surface area contributed by atoms with Crippen molar-refractivity contribution < 1.29 is 14.2 Å². The van der Waals surface area contributed by atoms with E-state index in [2.05, 4.69) is 0 Å². The highest BCUT2D eigenvalue weighted by atomic mass is 35.5. The summed E-state index contributed by atoms with van der Waals surface area (Å²) in [5, 5.41) is 9.41. The fourth-order valence-corrected chi connectivity index (χ4v) is 1.98. The lowest BCUT2D eigenvalue weighted by Crippen LogP contribution is -2.04. The van der Waals surface area contributed by atoms with Gasteiger partial charge in [0.1, 0.15) is 18.2 Å². The normalized spacial score (nSPS) is 12.2. The molecule has 0 radical (unpaired) electrons. The minimum Gasteiger partial charge on any atom is -0.489 e. The van der Waals surface area contributed by atoms with Crippen molar-refractivity contribution in [2.75, 3.05) is 0 Å². The zero-order chi connectivity index (χ0) is 14.5. The van der Waals surface area contributed by atoms with Crippen LogP contribution < -0.4 is 4.74 Å². The largest absolute Gasteiger partial charge is 0.489 e. The van der Waals surface area contributed by atoms with Crippen molar-refractivity contribution >= 4 is 11.6 Å². The van der Waals surface area contributed by atoms with Gasteiger partial charge in [0.05, 0.1) is 11.1 Å². The first-order chi connectivity index (χ1) is 9.54. The summed E-state index contributed by atoms with van der Waals surface area (Å²) in [5.74, 6) is 0.259. The molecule has 0 aliphatic rings. The molecule has 106 valence electrons. The fourth-order valence-electron chi connectivity index (χ4n) is 1.86. The SMILES string of the molecule is CC(O)Cc1ccc(OCc2ccc(Cl)c(F)c2)cc1. The number of ether oxygens (including phenoxy) is 1. The second kappa shape index (κ2) is 6.73. The Labute approximate surface area is 122 Å². The van der Waals surface area contributed by atoms with Gasteiger partial charge in [-0.3, -0.25) is 0 Å². The zero-order valence-corrected chi connectivity index (χ0v) is 11.9. The van der Waals surface area contributed by atoms with Gasteiger partial charge >= 0.3 is 0 Å². The first-order valence-corrected chi connectivity index (χ1v) is 6.76. The molecule has 20 heavy (non-hydrogen) atoms. The summed E-state index contributed by atoms with van der Waals surface area (Å²) in [4.78, 5) is 0. The quantitative estimate of drug-likeness (QED) is 0.904. The molecule has 2 nitrogen and oxygen atoms in total. The Morgan fingerprint density at radius 2 is 1.80 bits per heavy atom. The maximum Gasteiger partial charge on any atom is 0.142 e. The molecule has 0 fully saturated rings. The summed E-state index contributed by atoms with van der Waals surface area (Å²) in [7, 11) is 0. The number of benzene rings is 2. The van der Waals surface area contributed by atoms with E-state index < -0.39 is 5.82 Å². The molecule has 2 rings (SSSR count). The van der Waals surface area contributed by atoms with Crippen molar-refractivity contribution in [2.24, 2.45) is 0 Å². The molecule has 4 heteroatoms. The highest BCUT2D eigenvalue weighted by molar-refractivity contribution is 6.30. The average molecular weight is 295 g/mol. The minimum absolute atomic E-state index is 0.108. The molecule has 0 saturated heterocycles. The van der Waals surface area contributed by atoms with Gasteiger partial charge in [0, 0.05) is 0 Å². The van der Waals surface area contributed by atoms with E-state index in [1.54, 1.807) is 13.0 Å². The molecule has 0 saturated carbocycles. The number of hydrogen-bond donors (Lipinski definition) is 1. The van der Waals surface area contributed by atoms with Crippen molar-refractivity contribution in [3.8, 4) is 5.75 Å². The van der Waals surface area contributed by atoms with Crippen molar-refractivity contribution in [1.82, 2.24) is 0 Å². The van der Waals surface area contributed by atoms with E-state index in [1.807, 2.05) is 24.3 Å². The lowest BCUT2D eigenvalue weighted by atomic mass is 10.1. The molecule has 0 aromatic heterocycles. The maximum absolute atomic E-state index is 13.3. The molecule has 0 amide bonds. The molecule has 0 bridgehead atoms.